The minimum Gasteiger partial charge on any atom is -0.486 e. The zero-order chi connectivity index (χ0) is 16.2. The molecule has 24 heavy (non-hydrogen) atoms. The first-order valence-electron chi connectivity index (χ1n) is 7.91. The van der Waals surface area contributed by atoms with Crippen molar-refractivity contribution < 1.29 is 4.74 Å². The van der Waals surface area contributed by atoms with E-state index < -0.39 is 0 Å². The number of benzene rings is 2. The van der Waals surface area contributed by atoms with Crippen molar-refractivity contribution in [2.24, 2.45) is 0 Å². The van der Waals surface area contributed by atoms with E-state index in [4.69, 9.17) is 4.74 Å². The van der Waals surface area contributed by atoms with Crippen LogP contribution in [0, 0.1) is 0 Å². The average molecular weight is 315 g/mol. The zero-order valence-corrected chi connectivity index (χ0v) is 13.1. The third-order valence-corrected chi connectivity index (χ3v) is 3.87. The fourth-order valence-electron chi connectivity index (χ4n) is 2.69. The first-order chi connectivity index (χ1) is 11.9. The Labute approximate surface area is 140 Å². The lowest BCUT2D eigenvalue weighted by Crippen LogP contribution is -1.96. The summed E-state index contributed by atoms with van der Waals surface area (Å²) >= 11 is 0. The number of aromatic amines is 1. The maximum atomic E-state index is 5.75. The molecule has 0 fully saturated rings. The molecule has 0 aliphatic carbocycles. The van der Waals surface area contributed by atoms with Gasteiger partial charge in [0.2, 0.25) is 0 Å². The first kappa shape index (κ1) is 14.5. The summed E-state index contributed by atoms with van der Waals surface area (Å²) in [7, 11) is 0. The summed E-state index contributed by atoms with van der Waals surface area (Å²) < 4.78 is 5.75. The summed E-state index contributed by atoms with van der Waals surface area (Å²) in [5.41, 5.74) is 4.48. The van der Waals surface area contributed by atoms with Crippen LogP contribution in [0.4, 0.5) is 0 Å². The van der Waals surface area contributed by atoms with E-state index in [9.17, 15) is 0 Å². The van der Waals surface area contributed by atoms with Crippen molar-refractivity contribution in [3.05, 3.63) is 90.0 Å². The molecule has 2 heterocycles. The molecule has 1 N–H and O–H groups in total. The molecule has 2 aromatic carbocycles. The summed E-state index contributed by atoms with van der Waals surface area (Å²) in [6, 6.07) is 20.2. The molecule has 0 atom stereocenters. The molecule has 0 spiro atoms. The molecule has 0 unspecified atom stereocenters. The molecule has 0 saturated carbocycles. The predicted molar refractivity (Wildman–Crippen MR) is 93.9 cm³/mol. The summed E-state index contributed by atoms with van der Waals surface area (Å²) in [4.78, 5) is 12.0. The minimum absolute atomic E-state index is 0.429. The maximum absolute atomic E-state index is 5.75. The van der Waals surface area contributed by atoms with Crippen molar-refractivity contribution in [2.75, 3.05) is 0 Å². The summed E-state index contributed by atoms with van der Waals surface area (Å²) in [5.74, 6) is 1.67. The summed E-state index contributed by atoms with van der Waals surface area (Å²) in [6.45, 7) is 0.429. The fourth-order valence-corrected chi connectivity index (χ4v) is 2.69. The van der Waals surface area contributed by atoms with Gasteiger partial charge in [0.1, 0.15) is 18.2 Å². The lowest BCUT2D eigenvalue weighted by atomic mass is 10.1. The van der Waals surface area contributed by atoms with Gasteiger partial charge in [-0.15, -0.1) is 0 Å². The van der Waals surface area contributed by atoms with Crippen molar-refractivity contribution in [1.29, 1.82) is 0 Å². The number of H-pyrrole nitrogens is 1. The van der Waals surface area contributed by atoms with E-state index >= 15 is 0 Å². The third-order valence-electron chi connectivity index (χ3n) is 3.87. The number of rotatable bonds is 5. The second-order valence-corrected chi connectivity index (χ2v) is 5.67. The SMILES string of the molecule is c1ccc(OCc2nc3ccc(Cc4ccncc4)cc3[nH]2)cc1. The van der Waals surface area contributed by atoms with Gasteiger partial charge in [0, 0.05) is 12.4 Å². The molecule has 118 valence electrons. The van der Waals surface area contributed by atoms with Gasteiger partial charge in [0.15, 0.2) is 0 Å². The third kappa shape index (κ3) is 3.27. The number of ether oxygens (including phenoxy) is 1. The molecule has 0 aliphatic heterocycles. The Bertz CT molecular complexity index is 933. The highest BCUT2D eigenvalue weighted by atomic mass is 16.5. The van der Waals surface area contributed by atoms with E-state index in [-0.39, 0.29) is 0 Å². The Morgan fingerprint density at radius 2 is 1.71 bits per heavy atom. The number of hydrogen-bond acceptors (Lipinski definition) is 3. The van der Waals surface area contributed by atoms with Crippen LogP contribution in [-0.2, 0) is 13.0 Å². The van der Waals surface area contributed by atoms with Gasteiger partial charge in [-0.05, 0) is 53.9 Å². The fraction of sp³-hybridized carbons (Fsp3) is 0.100. The molecule has 2 aromatic heterocycles. The second kappa shape index (κ2) is 6.54. The lowest BCUT2D eigenvalue weighted by Gasteiger charge is -2.02. The van der Waals surface area contributed by atoms with E-state index in [1.54, 1.807) is 0 Å². The van der Waals surface area contributed by atoms with Crippen LogP contribution < -0.4 is 4.74 Å². The van der Waals surface area contributed by atoms with Crippen molar-refractivity contribution in [1.82, 2.24) is 15.0 Å². The van der Waals surface area contributed by atoms with Gasteiger partial charge in [-0.2, -0.15) is 0 Å². The van der Waals surface area contributed by atoms with Crippen LogP contribution in [0.3, 0.4) is 0 Å². The van der Waals surface area contributed by atoms with Crippen LogP contribution in [0.15, 0.2) is 73.1 Å². The smallest absolute Gasteiger partial charge is 0.146 e. The monoisotopic (exact) mass is 315 g/mol. The Morgan fingerprint density at radius 1 is 0.875 bits per heavy atom. The Morgan fingerprint density at radius 3 is 2.54 bits per heavy atom. The number of imidazole rings is 1. The van der Waals surface area contributed by atoms with Gasteiger partial charge in [-0.25, -0.2) is 4.98 Å². The van der Waals surface area contributed by atoms with Gasteiger partial charge in [-0.3, -0.25) is 4.98 Å². The van der Waals surface area contributed by atoms with Gasteiger partial charge in [0.05, 0.1) is 11.0 Å². The number of nitrogens with one attached hydrogen (secondary N) is 1. The topological polar surface area (TPSA) is 50.8 Å². The number of hydrogen-bond donors (Lipinski definition) is 1. The second-order valence-electron chi connectivity index (χ2n) is 5.67. The molecular weight excluding hydrogens is 298 g/mol. The average Bonchev–Trinajstić information content (AvgIpc) is 3.04. The number of fused-ring (bicyclic) bond motifs is 1. The van der Waals surface area contributed by atoms with Gasteiger partial charge < -0.3 is 9.72 Å². The Hall–Kier alpha value is -3.14. The van der Waals surface area contributed by atoms with Crippen molar-refractivity contribution in [3.63, 3.8) is 0 Å². The Kier molecular flexibility index (Phi) is 3.94. The highest BCUT2D eigenvalue weighted by Gasteiger charge is 2.05. The van der Waals surface area contributed by atoms with Crippen LogP contribution in [-0.4, -0.2) is 15.0 Å². The highest BCUT2D eigenvalue weighted by molar-refractivity contribution is 5.76. The van der Waals surface area contributed by atoms with E-state index in [1.165, 1.54) is 11.1 Å². The van der Waals surface area contributed by atoms with Crippen LogP contribution in [0.25, 0.3) is 11.0 Å². The quantitative estimate of drug-likeness (QED) is 0.602. The maximum Gasteiger partial charge on any atom is 0.146 e. The molecule has 4 aromatic rings. The van der Waals surface area contributed by atoms with Crippen molar-refractivity contribution in [2.45, 2.75) is 13.0 Å². The standard InChI is InChI=1S/C20H17N3O/c1-2-4-17(5-3-1)24-14-20-22-18-7-6-16(13-19(18)23-20)12-15-8-10-21-11-9-15/h1-11,13H,12,14H2,(H,22,23). The molecule has 0 amide bonds. The molecule has 0 saturated heterocycles. The van der Waals surface area contributed by atoms with Crippen LogP contribution in [0.1, 0.15) is 17.0 Å². The normalized spacial score (nSPS) is 10.8. The van der Waals surface area contributed by atoms with Gasteiger partial charge in [0.25, 0.3) is 0 Å². The van der Waals surface area contributed by atoms with Crippen molar-refractivity contribution in [3.8, 4) is 5.75 Å². The molecule has 4 nitrogen and oxygen atoms in total. The molecule has 0 aliphatic rings. The summed E-state index contributed by atoms with van der Waals surface area (Å²) in [5, 5.41) is 0. The molecule has 4 rings (SSSR count). The van der Waals surface area contributed by atoms with Crippen molar-refractivity contribution >= 4 is 11.0 Å². The number of para-hydroxylation sites is 1. The minimum atomic E-state index is 0.429. The van der Waals surface area contributed by atoms with Gasteiger partial charge >= 0.3 is 0 Å². The van der Waals surface area contributed by atoms with E-state index in [1.807, 2.05) is 60.9 Å². The first-order valence-corrected chi connectivity index (χ1v) is 7.91. The van der Waals surface area contributed by atoms with E-state index in [2.05, 4.69) is 27.1 Å². The van der Waals surface area contributed by atoms with Gasteiger partial charge in [-0.1, -0.05) is 24.3 Å². The molecule has 0 bridgehead atoms. The van der Waals surface area contributed by atoms with E-state index in [0.29, 0.717) is 6.61 Å². The molecule has 0 radical (unpaired) electrons. The zero-order valence-electron chi connectivity index (χ0n) is 13.1. The summed E-state index contributed by atoms with van der Waals surface area (Å²) in [6.07, 6.45) is 4.53. The number of pyridine rings is 1. The van der Waals surface area contributed by atoms with Crippen LogP contribution >= 0.6 is 0 Å². The number of nitrogens with zero attached hydrogens (tertiary/aromatic N) is 2. The lowest BCUT2D eigenvalue weighted by molar-refractivity contribution is 0.297. The molecular formula is C20H17N3O. The van der Waals surface area contributed by atoms with E-state index in [0.717, 1.165) is 29.0 Å². The van der Waals surface area contributed by atoms with Crippen LogP contribution in [0.2, 0.25) is 0 Å². The Balaban J connectivity index is 1.51. The molecule has 4 heteroatoms. The van der Waals surface area contributed by atoms with Crippen LogP contribution in [0.5, 0.6) is 5.75 Å². The highest BCUT2D eigenvalue weighted by Crippen LogP contribution is 2.18. The largest absolute Gasteiger partial charge is 0.486 e. The predicted octanol–water partition coefficient (Wildman–Crippen LogP) is 4.13. The number of aromatic nitrogens is 3.